The molecule has 1 N–H and O–H groups in total. The van der Waals surface area contributed by atoms with Crippen molar-refractivity contribution < 1.29 is 19.1 Å². The van der Waals surface area contributed by atoms with Gasteiger partial charge in [0.15, 0.2) is 6.61 Å². The SMILES string of the molecule is O=C(CCNC(=O)c1ccc(Cl)cc1)OCC(=O)N1CCCCCC1. The van der Waals surface area contributed by atoms with Crippen LogP contribution in [0.15, 0.2) is 24.3 Å². The number of likely N-dealkylation sites (tertiary alicyclic amines) is 1. The number of benzene rings is 1. The number of amides is 2. The lowest BCUT2D eigenvalue weighted by molar-refractivity contribution is -0.151. The van der Waals surface area contributed by atoms with E-state index < -0.39 is 5.97 Å². The van der Waals surface area contributed by atoms with Crippen molar-refractivity contribution in [2.45, 2.75) is 32.1 Å². The number of carbonyl (C=O) groups excluding carboxylic acids is 3. The first-order valence-corrected chi connectivity index (χ1v) is 8.91. The number of halogens is 1. The second-order valence-electron chi connectivity index (χ2n) is 5.97. The highest BCUT2D eigenvalue weighted by Gasteiger charge is 2.17. The number of hydrogen-bond donors (Lipinski definition) is 1. The van der Waals surface area contributed by atoms with Crippen LogP contribution in [-0.4, -0.2) is 48.9 Å². The van der Waals surface area contributed by atoms with Crippen LogP contribution in [0, 0.1) is 0 Å². The van der Waals surface area contributed by atoms with Crippen LogP contribution in [0.25, 0.3) is 0 Å². The van der Waals surface area contributed by atoms with E-state index in [2.05, 4.69) is 5.32 Å². The highest BCUT2D eigenvalue weighted by Crippen LogP contribution is 2.10. The molecule has 1 aliphatic rings. The van der Waals surface area contributed by atoms with E-state index in [0.717, 1.165) is 38.8 Å². The molecule has 0 aliphatic carbocycles. The Bertz CT molecular complexity index is 596. The molecule has 6 nitrogen and oxygen atoms in total. The molecule has 25 heavy (non-hydrogen) atoms. The van der Waals surface area contributed by atoms with E-state index in [-0.39, 0.29) is 31.4 Å². The van der Waals surface area contributed by atoms with Crippen LogP contribution in [0.5, 0.6) is 0 Å². The molecule has 2 amide bonds. The number of nitrogens with one attached hydrogen (secondary N) is 1. The summed E-state index contributed by atoms with van der Waals surface area (Å²) < 4.78 is 5.00. The van der Waals surface area contributed by atoms with Crippen molar-refractivity contribution in [2.75, 3.05) is 26.2 Å². The predicted molar refractivity (Wildman–Crippen MR) is 94.4 cm³/mol. The fourth-order valence-electron chi connectivity index (χ4n) is 2.61. The van der Waals surface area contributed by atoms with Crippen LogP contribution in [-0.2, 0) is 14.3 Å². The van der Waals surface area contributed by atoms with E-state index in [9.17, 15) is 14.4 Å². The summed E-state index contributed by atoms with van der Waals surface area (Å²) in [6, 6.07) is 6.46. The normalized spacial score (nSPS) is 14.5. The minimum atomic E-state index is -0.500. The lowest BCUT2D eigenvalue weighted by Gasteiger charge is -2.19. The highest BCUT2D eigenvalue weighted by atomic mass is 35.5. The molecule has 1 fully saturated rings. The van der Waals surface area contributed by atoms with Crippen LogP contribution in [0.1, 0.15) is 42.5 Å². The summed E-state index contributed by atoms with van der Waals surface area (Å²) in [6.07, 6.45) is 4.28. The lowest BCUT2D eigenvalue weighted by Crippen LogP contribution is -2.35. The maximum atomic E-state index is 12.0. The van der Waals surface area contributed by atoms with Gasteiger partial charge in [0, 0.05) is 30.2 Å². The van der Waals surface area contributed by atoms with Crippen LogP contribution in [0.3, 0.4) is 0 Å². The molecule has 7 heteroatoms. The third-order valence-corrected chi connectivity index (χ3v) is 4.29. The van der Waals surface area contributed by atoms with E-state index >= 15 is 0 Å². The van der Waals surface area contributed by atoms with E-state index in [0.29, 0.717) is 10.6 Å². The number of carbonyl (C=O) groups is 3. The first-order valence-electron chi connectivity index (χ1n) is 8.53. The summed E-state index contributed by atoms with van der Waals surface area (Å²) in [6.45, 7) is 1.38. The third-order valence-electron chi connectivity index (χ3n) is 4.04. The zero-order valence-corrected chi connectivity index (χ0v) is 14.9. The van der Waals surface area contributed by atoms with Crippen LogP contribution in [0.4, 0.5) is 0 Å². The van der Waals surface area contributed by atoms with Gasteiger partial charge in [-0.05, 0) is 37.1 Å². The number of ether oxygens (including phenoxy) is 1. The summed E-state index contributed by atoms with van der Waals surface area (Å²) in [5, 5.41) is 3.18. The molecule has 1 heterocycles. The average molecular weight is 367 g/mol. The third kappa shape index (κ3) is 6.74. The summed E-state index contributed by atoms with van der Waals surface area (Å²) in [5.41, 5.74) is 0.467. The second-order valence-corrected chi connectivity index (χ2v) is 6.40. The van der Waals surface area contributed by atoms with Crippen molar-refractivity contribution in [3.05, 3.63) is 34.9 Å². The van der Waals surface area contributed by atoms with Crippen molar-refractivity contribution >= 4 is 29.4 Å². The Hall–Kier alpha value is -2.08. The first-order chi connectivity index (χ1) is 12.1. The molecule has 1 aromatic carbocycles. The van der Waals surface area contributed by atoms with Crippen LogP contribution in [0.2, 0.25) is 5.02 Å². The number of hydrogen-bond acceptors (Lipinski definition) is 4. The molecule has 0 saturated carbocycles. The Morgan fingerprint density at radius 2 is 1.68 bits per heavy atom. The highest BCUT2D eigenvalue weighted by molar-refractivity contribution is 6.30. The zero-order chi connectivity index (χ0) is 18.1. The van der Waals surface area contributed by atoms with Crippen molar-refractivity contribution in [3.63, 3.8) is 0 Å². The van der Waals surface area contributed by atoms with Gasteiger partial charge in [0.1, 0.15) is 0 Å². The van der Waals surface area contributed by atoms with Crippen molar-refractivity contribution in [1.82, 2.24) is 10.2 Å². The summed E-state index contributed by atoms with van der Waals surface area (Å²) in [4.78, 5) is 37.3. The number of rotatable bonds is 6. The summed E-state index contributed by atoms with van der Waals surface area (Å²) in [5.74, 6) is -0.940. The van der Waals surface area contributed by atoms with Crippen LogP contribution >= 0.6 is 11.6 Å². The topological polar surface area (TPSA) is 75.7 Å². The van der Waals surface area contributed by atoms with E-state index in [1.165, 1.54) is 0 Å². The Morgan fingerprint density at radius 1 is 1.04 bits per heavy atom. The molecule has 0 spiro atoms. The summed E-state index contributed by atoms with van der Waals surface area (Å²) in [7, 11) is 0. The summed E-state index contributed by atoms with van der Waals surface area (Å²) >= 11 is 5.76. The smallest absolute Gasteiger partial charge is 0.308 e. The molecular formula is C18H23ClN2O4. The van der Waals surface area contributed by atoms with Gasteiger partial charge in [-0.1, -0.05) is 24.4 Å². The van der Waals surface area contributed by atoms with Gasteiger partial charge in [-0.25, -0.2) is 0 Å². The minimum absolute atomic E-state index is 0.0204. The average Bonchev–Trinajstić information content (AvgIpc) is 2.89. The fraction of sp³-hybridized carbons (Fsp3) is 0.500. The Morgan fingerprint density at radius 3 is 2.32 bits per heavy atom. The van der Waals surface area contributed by atoms with Gasteiger partial charge in [0.25, 0.3) is 11.8 Å². The van der Waals surface area contributed by atoms with Gasteiger partial charge in [-0.15, -0.1) is 0 Å². The van der Waals surface area contributed by atoms with Crippen LogP contribution < -0.4 is 5.32 Å². The molecule has 0 radical (unpaired) electrons. The van der Waals surface area contributed by atoms with E-state index in [4.69, 9.17) is 16.3 Å². The van der Waals surface area contributed by atoms with E-state index in [1.807, 2.05) is 0 Å². The molecule has 0 unspecified atom stereocenters. The Kier molecular flexibility index (Phi) is 7.73. The molecule has 0 aromatic heterocycles. The monoisotopic (exact) mass is 366 g/mol. The molecule has 1 saturated heterocycles. The van der Waals surface area contributed by atoms with Crippen molar-refractivity contribution in [2.24, 2.45) is 0 Å². The van der Waals surface area contributed by atoms with E-state index in [1.54, 1.807) is 29.2 Å². The maximum Gasteiger partial charge on any atom is 0.308 e. The minimum Gasteiger partial charge on any atom is -0.456 e. The van der Waals surface area contributed by atoms with Gasteiger partial charge < -0.3 is 15.0 Å². The van der Waals surface area contributed by atoms with Gasteiger partial charge in [-0.3, -0.25) is 14.4 Å². The molecule has 0 bridgehead atoms. The quantitative estimate of drug-likeness (QED) is 0.784. The lowest BCUT2D eigenvalue weighted by atomic mass is 10.2. The second kappa shape index (κ2) is 10.0. The number of nitrogens with zero attached hydrogens (tertiary/aromatic N) is 1. The van der Waals surface area contributed by atoms with Gasteiger partial charge in [0.2, 0.25) is 0 Å². The predicted octanol–water partition coefficient (Wildman–Crippen LogP) is 2.41. The molecule has 1 aliphatic heterocycles. The molecular weight excluding hydrogens is 344 g/mol. The van der Waals surface area contributed by atoms with Gasteiger partial charge in [0.05, 0.1) is 6.42 Å². The Labute approximate surface area is 152 Å². The standard InChI is InChI=1S/C18H23ClN2O4/c19-15-7-5-14(6-8-15)18(24)20-10-9-17(23)25-13-16(22)21-11-3-1-2-4-12-21/h5-8H,1-4,9-13H2,(H,20,24). The van der Waals surface area contributed by atoms with Crippen molar-refractivity contribution in [3.8, 4) is 0 Å². The molecule has 1 aromatic rings. The van der Waals surface area contributed by atoms with Crippen molar-refractivity contribution in [1.29, 1.82) is 0 Å². The van der Waals surface area contributed by atoms with Gasteiger partial charge in [-0.2, -0.15) is 0 Å². The zero-order valence-electron chi connectivity index (χ0n) is 14.1. The largest absolute Gasteiger partial charge is 0.456 e. The molecule has 136 valence electrons. The Balaban J connectivity index is 1.64. The molecule has 0 atom stereocenters. The first kappa shape index (κ1) is 19.2. The molecule has 2 rings (SSSR count). The fourth-order valence-corrected chi connectivity index (χ4v) is 2.73. The van der Waals surface area contributed by atoms with Gasteiger partial charge >= 0.3 is 5.97 Å². The number of esters is 1. The maximum absolute atomic E-state index is 12.0.